The van der Waals surface area contributed by atoms with Crippen molar-refractivity contribution in [2.75, 3.05) is 7.11 Å². The zero-order valence-electron chi connectivity index (χ0n) is 11.4. The average molecular weight is 328 g/mol. The van der Waals surface area contributed by atoms with E-state index in [1.807, 2.05) is 30.3 Å². The van der Waals surface area contributed by atoms with Gasteiger partial charge in [0.05, 0.1) is 12.4 Å². The molecule has 0 aliphatic rings. The Morgan fingerprint density at radius 3 is 2.10 bits per heavy atom. The largest absolute Gasteiger partial charge is 1.00 e. The maximum atomic E-state index is 5.18. The molecule has 0 fully saturated rings. The summed E-state index contributed by atoms with van der Waals surface area (Å²) < 4.78 is 5.71. The summed E-state index contributed by atoms with van der Waals surface area (Å²) in [5, 5.41) is 0.136. The summed E-state index contributed by atoms with van der Waals surface area (Å²) in [5.74, 6) is 0.849. The van der Waals surface area contributed by atoms with E-state index in [1.54, 1.807) is 7.11 Å². The fourth-order valence-corrected chi connectivity index (χ4v) is 3.19. The maximum Gasteiger partial charge on any atom is 1.00 e. The van der Waals surface area contributed by atoms with Crippen molar-refractivity contribution >= 4 is 40.1 Å². The minimum Gasteiger partial charge on any atom is -0.497 e. The van der Waals surface area contributed by atoms with E-state index in [2.05, 4.69) is 24.3 Å². The first-order valence-corrected chi connectivity index (χ1v) is 7.47. The molecule has 1 atom stereocenters. The van der Waals surface area contributed by atoms with E-state index in [-0.39, 0.29) is 34.8 Å². The summed E-state index contributed by atoms with van der Waals surface area (Å²) in [6.45, 7) is 0. The Kier molecular flexibility index (Phi) is 8.10. The van der Waals surface area contributed by atoms with Crippen molar-refractivity contribution in [1.82, 2.24) is 0 Å². The molecule has 0 amide bonds. The summed E-state index contributed by atoms with van der Waals surface area (Å²) in [4.78, 5) is 0. The summed E-state index contributed by atoms with van der Waals surface area (Å²) in [5.41, 5.74) is 2.37. The van der Waals surface area contributed by atoms with Gasteiger partial charge >= 0.3 is 29.6 Å². The van der Waals surface area contributed by atoms with Crippen molar-refractivity contribution < 1.29 is 34.3 Å². The molecule has 0 aliphatic heterocycles. The zero-order valence-corrected chi connectivity index (χ0v) is 15.9. The predicted molar refractivity (Wildman–Crippen MR) is 88.8 cm³/mol. The molecule has 20 heavy (non-hydrogen) atoms. The van der Waals surface area contributed by atoms with Crippen LogP contribution in [0.5, 0.6) is 5.75 Å². The van der Waals surface area contributed by atoms with Crippen LogP contribution in [0.15, 0.2) is 54.6 Å². The fraction of sp³-hybridized carbons (Fsp3) is 0.133. The summed E-state index contributed by atoms with van der Waals surface area (Å²) in [7, 11) is 1.66. The van der Waals surface area contributed by atoms with Gasteiger partial charge in [0.15, 0.2) is 0 Å². The van der Waals surface area contributed by atoms with Gasteiger partial charge in [-0.15, -0.1) is 11.8 Å². The Balaban J connectivity index is 0.00000200. The second kappa shape index (κ2) is 9.03. The third-order valence-electron chi connectivity index (χ3n) is 2.73. The molecular formula is C15H13NaOS3. The molecule has 5 heteroatoms. The van der Waals surface area contributed by atoms with E-state index < -0.39 is 0 Å². The molecule has 0 radical (unpaired) electrons. The first-order valence-electron chi connectivity index (χ1n) is 5.77. The minimum absolute atomic E-state index is 0. The number of hydrogen-bond donors (Lipinski definition) is 0. The number of hydrogen-bond acceptors (Lipinski definition) is 4. The second-order valence-electron chi connectivity index (χ2n) is 3.93. The molecule has 1 nitrogen and oxygen atoms in total. The van der Waals surface area contributed by atoms with Crippen molar-refractivity contribution in [2.24, 2.45) is 0 Å². The van der Waals surface area contributed by atoms with E-state index >= 15 is 0 Å². The average Bonchev–Trinajstić information content (AvgIpc) is 2.46. The first kappa shape index (κ1) is 18.0. The quantitative estimate of drug-likeness (QED) is 0.476. The van der Waals surface area contributed by atoms with E-state index in [0.717, 1.165) is 5.75 Å². The number of rotatable bonds is 4. The Morgan fingerprint density at radius 2 is 1.60 bits per heavy atom. The standard InChI is InChI=1S/C15H14OS3.Na/c1-16-13-9-7-12(8-10-13)14(19-15(17)18)11-5-3-2-4-6-11;/h2-10,14H,1H3,(H,17,18);/q;+1/p-1. The van der Waals surface area contributed by atoms with Crippen LogP contribution in [0.4, 0.5) is 0 Å². The van der Waals surface area contributed by atoms with Crippen molar-refractivity contribution in [3.8, 4) is 5.75 Å². The molecule has 0 saturated carbocycles. The molecule has 0 bridgehead atoms. The van der Waals surface area contributed by atoms with Crippen LogP contribution >= 0.6 is 24.0 Å². The number of thiocarbonyl (C=S) groups is 1. The summed E-state index contributed by atoms with van der Waals surface area (Å²) >= 11 is 11.7. The Labute approximate surface area is 157 Å². The van der Waals surface area contributed by atoms with E-state index in [4.69, 9.17) is 29.6 Å². The Hall–Kier alpha value is -0.100. The molecule has 0 saturated heterocycles. The molecule has 0 aromatic heterocycles. The van der Waals surface area contributed by atoms with Crippen LogP contribution in [0.3, 0.4) is 0 Å². The first-order chi connectivity index (χ1) is 9.20. The Morgan fingerprint density at radius 1 is 1.05 bits per heavy atom. The van der Waals surface area contributed by atoms with Crippen LogP contribution < -0.4 is 34.3 Å². The van der Waals surface area contributed by atoms with Gasteiger partial charge in [0, 0.05) is 0 Å². The third-order valence-corrected chi connectivity index (χ3v) is 4.28. The van der Waals surface area contributed by atoms with E-state index in [0.29, 0.717) is 3.53 Å². The number of methoxy groups -OCH3 is 1. The van der Waals surface area contributed by atoms with Crippen LogP contribution in [-0.2, 0) is 12.6 Å². The van der Waals surface area contributed by atoms with E-state index in [1.165, 1.54) is 22.9 Å². The van der Waals surface area contributed by atoms with E-state index in [9.17, 15) is 0 Å². The third kappa shape index (κ3) is 5.02. The molecule has 2 aromatic rings. The van der Waals surface area contributed by atoms with Gasteiger partial charge < -0.3 is 29.6 Å². The van der Waals surface area contributed by atoms with Crippen molar-refractivity contribution in [1.29, 1.82) is 0 Å². The van der Waals surface area contributed by atoms with Crippen molar-refractivity contribution in [3.05, 3.63) is 65.7 Å². The number of benzene rings is 2. The summed E-state index contributed by atoms with van der Waals surface area (Å²) in [6.07, 6.45) is 0. The van der Waals surface area contributed by atoms with Crippen molar-refractivity contribution in [3.63, 3.8) is 0 Å². The van der Waals surface area contributed by atoms with Crippen LogP contribution in [0, 0.1) is 0 Å². The monoisotopic (exact) mass is 328 g/mol. The maximum absolute atomic E-state index is 5.18. The molecule has 2 aromatic carbocycles. The molecule has 0 N–H and O–H groups in total. The van der Waals surface area contributed by atoms with Gasteiger partial charge in [-0.1, -0.05) is 46.0 Å². The SMILES string of the molecule is COc1ccc(C(SC(=S)[S-])c2ccccc2)cc1.[Na+]. The van der Waals surface area contributed by atoms with Gasteiger partial charge in [0.25, 0.3) is 0 Å². The van der Waals surface area contributed by atoms with Crippen LogP contribution in [0.25, 0.3) is 0 Å². The molecule has 98 valence electrons. The van der Waals surface area contributed by atoms with Crippen LogP contribution in [-0.4, -0.2) is 10.6 Å². The van der Waals surface area contributed by atoms with Gasteiger partial charge in [-0.2, -0.15) is 0 Å². The van der Waals surface area contributed by atoms with Crippen LogP contribution in [0.1, 0.15) is 16.4 Å². The topological polar surface area (TPSA) is 9.23 Å². The Bertz CT molecular complexity index is 543. The smallest absolute Gasteiger partial charge is 0.497 e. The summed E-state index contributed by atoms with van der Waals surface area (Å²) in [6, 6.07) is 18.3. The minimum atomic E-state index is 0. The molecule has 2 rings (SSSR count). The second-order valence-corrected chi connectivity index (χ2v) is 6.64. The number of ether oxygens (including phenoxy) is 1. The van der Waals surface area contributed by atoms with Crippen molar-refractivity contribution in [2.45, 2.75) is 5.25 Å². The normalized spacial score (nSPS) is 11.2. The fourth-order valence-electron chi connectivity index (χ4n) is 1.83. The van der Waals surface area contributed by atoms with Gasteiger partial charge in [-0.05, 0) is 23.3 Å². The van der Waals surface area contributed by atoms with Gasteiger partial charge in [-0.3, -0.25) is 0 Å². The van der Waals surface area contributed by atoms with Gasteiger partial charge in [0.2, 0.25) is 0 Å². The molecule has 0 spiro atoms. The molecule has 0 aliphatic carbocycles. The predicted octanol–water partition coefficient (Wildman–Crippen LogP) is 1.35. The molecular weight excluding hydrogens is 315 g/mol. The number of thioether (sulfide) groups is 1. The van der Waals surface area contributed by atoms with Crippen LogP contribution in [0.2, 0.25) is 0 Å². The zero-order chi connectivity index (χ0) is 13.7. The molecule has 0 heterocycles. The van der Waals surface area contributed by atoms with Gasteiger partial charge in [-0.25, -0.2) is 0 Å². The van der Waals surface area contributed by atoms with Gasteiger partial charge in [0.1, 0.15) is 5.75 Å². The molecule has 1 unspecified atom stereocenters.